The van der Waals surface area contributed by atoms with Crippen molar-refractivity contribution in [2.24, 2.45) is 0 Å². The maximum atomic E-state index is 10.7. The second kappa shape index (κ2) is 4.82. The Labute approximate surface area is 108 Å². The summed E-state index contributed by atoms with van der Waals surface area (Å²) in [5, 5.41) is 17.6. The molecule has 96 valence electrons. The predicted molar refractivity (Wildman–Crippen MR) is 64.2 cm³/mol. The number of nitriles is 1. The summed E-state index contributed by atoms with van der Waals surface area (Å²) in [6.45, 7) is 3.56. The van der Waals surface area contributed by atoms with E-state index >= 15 is 0 Å². The molecule has 0 spiro atoms. The van der Waals surface area contributed by atoms with Crippen LogP contribution in [0.3, 0.4) is 0 Å². The summed E-state index contributed by atoms with van der Waals surface area (Å²) in [5.74, 6) is -0.690. The first-order valence-corrected chi connectivity index (χ1v) is 5.39. The summed E-state index contributed by atoms with van der Waals surface area (Å²) in [4.78, 5) is 14.3. The van der Waals surface area contributed by atoms with E-state index in [4.69, 9.17) is 19.5 Å². The van der Waals surface area contributed by atoms with Gasteiger partial charge in [-0.2, -0.15) is 10.2 Å². The van der Waals surface area contributed by atoms with E-state index in [2.05, 4.69) is 4.98 Å². The van der Waals surface area contributed by atoms with Crippen molar-refractivity contribution in [3.63, 3.8) is 0 Å². The van der Waals surface area contributed by atoms with Crippen molar-refractivity contribution in [1.29, 1.82) is 5.26 Å². The highest BCUT2D eigenvalue weighted by molar-refractivity contribution is 5.84. The average molecular weight is 258 g/mol. The minimum atomic E-state index is -1.19. The van der Waals surface area contributed by atoms with Gasteiger partial charge in [-0.15, -0.1) is 0 Å². The molecular weight excluding hydrogens is 248 g/mol. The molecular formula is C13H10N2O4. The Morgan fingerprint density at radius 1 is 1.42 bits per heavy atom. The van der Waals surface area contributed by atoms with Gasteiger partial charge in [-0.05, 0) is 37.1 Å². The zero-order chi connectivity index (χ0) is 14.0. The number of benzene rings is 1. The first-order valence-electron chi connectivity index (χ1n) is 5.39. The number of oxazole rings is 1. The molecule has 6 heteroatoms. The summed E-state index contributed by atoms with van der Waals surface area (Å²) >= 11 is 0. The molecule has 0 aliphatic carbocycles. The third kappa shape index (κ3) is 2.55. The molecule has 0 saturated heterocycles. The molecule has 0 aliphatic heterocycles. The monoisotopic (exact) mass is 258 g/mol. The molecule has 0 bridgehead atoms. The SMILES string of the molecule is Cc1cc(C#N)cc(C)c1Oc1nc(C(=O)O)co1. The van der Waals surface area contributed by atoms with Crippen LogP contribution < -0.4 is 4.74 Å². The maximum absolute atomic E-state index is 10.7. The Hall–Kier alpha value is -2.81. The first-order chi connectivity index (χ1) is 9.01. The van der Waals surface area contributed by atoms with Gasteiger partial charge in [-0.1, -0.05) is 0 Å². The number of aromatic nitrogens is 1. The standard InChI is InChI=1S/C13H10N2O4/c1-7-3-9(5-14)4-8(2)11(7)19-13-15-10(6-18-13)12(16)17/h3-4,6H,1-2H3,(H,16,17). The molecule has 1 N–H and O–H groups in total. The van der Waals surface area contributed by atoms with Gasteiger partial charge in [0.1, 0.15) is 12.0 Å². The number of nitrogens with zero attached hydrogens (tertiary/aromatic N) is 2. The lowest BCUT2D eigenvalue weighted by Crippen LogP contribution is -1.97. The van der Waals surface area contributed by atoms with E-state index in [0.717, 1.165) is 17.4 Å². The number of rotatable bonds is 3. The molecule has 0 unspecified atom stereocenters. The van der Waals surface area contributed by atoms with Gasteiger partial charge in [-0.25, -0.2) is 4.79 Å². The van der Waals surface area contributed by atoms with Crippen molar-refractivity contribution >= 4 is 5.97 Å². The van der Waals surface area contributed by atoms with Gasteiger partial charge in [-0.3, -0.25) is 0 Å². The summed E-state index contributed by atoms with van der Waals surface area (Å²) in [6, 6.07) is 5.39. The van der Waals surface area contributed by atoms with Crippen LogP contribution in [0.4, 0.5) is 0 Å². The third-order valence-electron chi connectivity index (χ3n) is 2.48. The molecule has 19 heavy (non-hydrogen) atoms. The molecule has 1 aromatic heterocycles. The lowest BCUT2D eigenvalue weighted by atomic mass is 10.1. The van der Waals surface area contributed by atoms with Gasteiger partial charge in [0.15, 0.2) is 5.69 Å². The molecule has 0 radical (unpaired) electrons. The predicted octanol–water partition coefficient (Wildman–Crippen LogP) is 2.65. The van der Waals surface area contributed by atoms with Gasteiger partial charge < -0.3 is 14.3 Å². The quantitative estimate of drug-likeness (QED) is 0.908. The smallest absolute Gasteiger partial charge is 0.399 e. The van der Waals surface area contributed by atoms with Crippen LogP contribution >= 0.6 is 0 Å². The largest absolute Gasteiger partial charge is 0.476 e. The minimum Gasteiger partial charge on any atom is -0.476 e. The van der Waals surface area contributed by atoms with Crippen LogP contribution in [0.5, 0.6) is 11.8 Å². The highest BCUT2D eigenvalue weighted by Gasteiger charge is 2.14. The molecule has 2 aromatic rings. The second-order valence-corrected chi connectivity index (χ2v) is 3.96. The van der Waals surface area contributed by atoms with E-state index in [9.17, 15) is 4.79 Å². The van der Waals surface area contributed by atoms with Crippen molar-refractivity contribution in [1.82, 2.24) is 4.98 Å². The fourth-order valence-corrected chi connectivity index (χ4v) is 1.67. The number of hydrogen-bond acceptors (Lipinski definition) is 5. The highest BCUT2D eigenvalue weighted by atomic mass is 16.6. The molecule has 1 heterocycles. The molecule has 1 aromatic carbocycles. The number of ether oxygens (including phenoxy) is 1. The number of carboxylic acids is 1. The van der Waals surface area contributed by atoms with Crippen molar-refractivity contribution in [2.45, 2.75) is 13.8 Å². The van der Waals surface area contributed by atoms with Gasteiger partial charge >= 0.3 is 12.0 Å². The van der Waals surface area contributed by atoms with Gasteiger partial charge in [0.25, 0.3) is 0 Å². The molecule has 0 fully saturated rings. The highest BCUT2D eigenvalue weighted by Crippen LogP contribution is 2.29. The van der Waals surface area contributed by atoms with E-state index < -0.39 is 5.97 Å². The van der Waals surface area contributed by atoms with Crippen molar-refractivity contribution in [3.05, 3.63) is 40.8 Å². The van der Waals surface area contributed by atoms with E-state index in [0.29, 0.717) is 11.3 Å². The van der Waals surface area contributed by atoms with Crippen LogP contribution in [0, 0.1) is 25.2 Å². The molecule has 6 nitrogen and oxygen atoms in total. The number of aryl methyl sites for hydroxylation is 2. The van der Waals surface area contributed by atoms with Crippen molar-refractivity contribution in [3.8, 4) is 17.9 Å². The number of carboxylic acid groups (broad SMARTS) is 1. The second-order valence-electron chi connectivity index (χ2n) is 3.96. The molecule has 2 rings (SSSR count). The average Bonchev–Trinajstić information content (AvgIpc) is 2.82. The topological polar surface area (TPSA) is 96.3 Å². The van der Waals surface area contributed by atoms with E-state index in [-0.39, 0.29) is 11.8 Å². The Kier molecular flexibility index (Phi) is 3.21. The number of carbonyl (C=O) groups is 1. The Bertz CT molecular complexity index is 659. The van der Waals surface area contributed by atoms with Crippen LogP contribution in [-0.4, -0.2) is 16.1 Å². The van der Waals surface area contributed by atoms with Crippen LogP contribution in [-0.2, 0) is 0 Å². The molecule has 0 saturated carbocycles. The van der Waals surface area contributed by atoms with E-state index in [1.54, 1.807) is 26.0 Å². The molecule has 0 aliphatic rings. The van der Waals surface area contributed by atoms with Crippen LogP contribution in [0.2, 0.25) is 0 Å². The van der Waals surface area contributed by atoms with Gasteiger partial charge in [0, 0.05) is 0 Å². The lowest BCUT2D eigenvalue weighted by molar-refractivity contribution is 0.0690. The minimum absolute atomic E-state index is 0.145. The van der Waals surface area contributed by atoms with Gasteiger partial charge in [0.05, 0.1) is 11.6 Å². The Morgan fingerprint density at radius 2 is 2.05 bits per heavy atom. The fourth-order valence-electron chi connectivity index (χ4n) is 1.67. The van der Waals surface area contributed by atoms with E-state index in [1.165, 1.54) is 0 Å². The molecule has 0 atom stereocenters. The van der Waals surface area contributed by atoms with Crippen LogP contribution in [0.25, 0.3) is 0 Å². The lowest BCUT2D eigenvalue weighted by Gasteiger charge is -2.08. The fraction of sp³-hybridized carbons (Fsp3) is 0.154. The summed E-state index contributed by atoms with van der Waals surface area (Å²) in [7, 11) is 0. The Balaban J connectivity index is 2.33. The van der Waals surface area contributed by atoms with Crippen molar-refractivity contribution < 1.29 is 19.1 Å². The summed E-state index contributed by atoms with van der Waals surface area (Å²) in [6.07, 6.45) is 0.861. The first kappa shape index (κ1) is 12.6. The zero-order valence-electron chi connectivity index (χ0n) is 10.3. The third-order valence-corrected chi connectivity index (χ3v) is 2.48. The summed E-state index contributed by atoms with van der Waals surface area (Å²) < 4.78 is 10.3. The van der Waals surface area contributed by atoms with Crippen molar-refractivity contribution in [2.75, 3.05) is 0 Å². The van der Waals surface area contributed by atoms with Gasteiger partial charge in [0.2, 0.25) is 0 Å². The van der Waals surface area contributed by atoms with E-state index in [1.807, 2.05) is 6.07 Å². The normalized spacial score (nSPS) is 9.95. The zero-order valence-corrected chi connectivity index (χ0v) is 10.3. The van der Waals surface area contributed by atoms with Crippen LogP contribution in [0.15, 0.2) is 22.8 Å². The number of hydrogen-bond donors (Lipinski definition) is 1. The number of aromatic carboxylic acids is 1. The van der Waals surface area contributed by atoms with Crippen LogP contribution in [0.1, 0.15) is 27.2 Å². The summed E-state index contributed by atoms with van der Waals surface area (Å²) in [5.41, 5.74) is 1.79. The Morgan fingerprint density at radius 3 is 2.53 bits per heavy atom. The maximum Gasteiger partial charge on any atom is 0.399 e. The molecule has 0 amide bonds.